The molecule has 7 heteroatoms. The first-order valence-corrected chi connectivity index (χ1v) is 17.4. The van der Waals surface area contributed by atoms with Crippen molar-refractivity contribution in [2.45, 2.75) is 5.40 Å². The minimum absolute atomic E-state index is 0.571. The van der Waals surface area contributed by atoms with Gasteiger partial charge in [-0.05, 0) is 46.0 Å². The van der Waals surface area contributed by atoms with Gasteiger partial charge in [0, 0.05) is 38.6 Å². The summed E-state index contributed by atoms with van der Waals surface area (Å²) in [7, 11) is 13.0. The largest absolute Gasteiger partial charge is 0.502 e. The van der Waals surface area contributed by atoms with E-state index in [0.29, 0.717) is 23.2 Å². The molecule has 244 valence electrons. The average Bonchev–Trinajstić information content (AvgIpc) is 3.60. The van der Waals surface area contributed by atoms with Crippen LogP contribution in [0, 0.1) is 0 Å². The number of ether oxygens (including phenoxy) is 1. The van der Waals surface area contributed by atoms with Crippen LogP contribution in [0.2, 0.25) is 0 Å². The van der Waals surface area contributed by atoms with Crippen molar-refractivity contribution in [2.24, 2.45) is 0 Å². The zero-order valence-electron chi connectivity index (χ0n) is 28.4. The van der Waals surface area contributed by atoms with Crippen molar-refractivity contribution in [3.8, 4) is 73.3 Å². The molecule has 0 N–H and O–H groups in total. The predicted molar refractivity (Wildman–Crippen MR) is 214 cm³/mol. The minimum Gasteiger partial charge on any atom is -0.502 e. The molecule has 7 aromatic carbocycles. The van der Waals surface area contributed by atoms with Crippen LogP contribution in [0.25, 0.3) is 89.5 Å². The lowest BCUT2D eigenvalue weighted by Gasteiger charge is -2.37. The van der Waals surface area contributed by atoms with Crippen LogP contribution in [0.3, 0.4) is 0 Å². The van der Waals surface area contributed by atoms with E-state index in [9.17, 15) is 0 Å². The second kappa shape index (κ2) is 12.2. The Labute approximate surface area is 308 Å². The average molecular weight is 675 g/mol. The van der Waals surface area contributed by atoms with Gasteiger partial charge < -0.3 is 9.15 Å². The number of para-hydroxylation sites is 3. The molecule has 0 unspecified atom stereocenters. The van der Waals surface area contributed by atoms with Crippen molar-refractivity contribution in [1.82, 2.24) is 15.0 Å². The van der Waals surface area contributed by atoms with Gasteiger partial charge in [-0.1, -0.05) is 146 Å². The van der Waals surface area contributed by atoms with E-state index in [4.69, 9.17) is 39.8 Å². The highest BCUT2D eigenvalue weighted by Gasteiger charge is 2.33. The lowest BCUT2D eigenvalue weighted by Crippen LogP contribution is -2.37. The number of fused-ring (bicyclic) bond motifs is 6. The summed E-state index contributed by atoms with van der Waals surface area (Å²) in [4.78, 5) is 15.0. The van der Waals surface area contributed by atoms with E-state index in [-0.39, 0.29) is 0 Å². The summed E-state index contributed by atoms with van der Waals surface area (Å²) in [6, 6.07) is 54.7. The van der Waals surface area contributed by atoms with Gasteiger partial charge in [0.05, 0.1) is 5.40 Å². The highest BCUT2D eigenvalue weighted by molar-refractivity contribution is 6.40. The van der Waals surface area contributed by atoms with Crippen molar-refractivity contribution >= 4 is 37.6 Å². The van der Waals surface area contributed by atoms with Crippen LogP contribution >= 0.6 is 0 Å². The fourth-order valence-electron chi connectivity index (χ4n) is 7.36. The molecule has 0 spiro atoms. The number of hydrogen-bond donors (Lipinski definition) is 0. The monoisotopic (exact) mass is 675 g/mol. The second-order valence-corrected chi connectivity index (χ2v) is 13.2. The van der Waals surface area contributed by atoms with Crippen LogP contribution in [0.15, 0.2) is 168 Å². The number of nitrogens with zero attached hydrogens (tertiary/aromatic N) is 3. The predicted octanol–water partition coefficient (Wildman–Crippen LogP) is 10.6. The van der Waals surface area contributed by atoms with Crippen LogP contribution in [0.5, 0.6) is 5.75 Å². The van der Waals surface area contributed by atoms with Crippen LogP contribution in [-0.4, -0.2) is 30.6 Å². The summed E-state index contributed by atoms with van der Waals surface area (Å²) in [5, 5.41) is 0.726. The molecule has 10 rings (SSSR count). The maximum atomic E-state index is 6.49. The molecule has 0 saturated carbocycles. The third-order valence-corrected chi connectivity index (χ3v) is 9.88. The molecule has 0 aliphatic carbocycles. The topological polar surface area (TPSA) is 61.0 Å². The first kappa shape index (κ1) is 31.1. The summed E-state index contributed by atoms with van der Waals surface area (Å²) in [5.74, 6) is 2.39. The molecule has 3 heterocycles. The molecule has 0 bridgehead atoms. The van der Waals surface area contributed by atoms with E-state index < -0.39 is 5.40 Å². The fraction of sp³-hybridized carbons (Fsp3) is 0.0217. The first-order valence-electron chi connectivity index (χ1n) is 17.4. The summed E-state index contributed by atoms with van der Waals surface area (Å²) in [6.45, 7) is 0. The van der Waals surface area contributed by atoms with Gasteiger partial charge in [-0.3, -0.25) is 0 Å². The number of furan rings is 1. The normalized spacial score (nSPS) is 13.0. The zero-order chi connectivity index (χ0) is 35.5. The van der Waals surface area contributed by atoms with Crippen molar-refractivity contribution < 1.29 is 9.15 Å². The number of aromatic nitrogens is 3. The van der Waals surface area contributed by atoms with Crippen molar-refractivity contribution in [1.29, 1.82) is 0 Å². The highest BCUT2D eigenvalue weighted by atomic mass is 16.5. The van der Waals surface area contributed by atoms with E-state index in [1.165, 1.54) is 0 Å². The van der Waals surface area contributed by atoms with Crippen LogP contribution in [0.4, 0.5) is 0 Å². The summed E-state index contributed by atoms with van der Waals surface area (Å²) < 4.78 is 12.4. The Kier molecular flexibility index (Phi) is 7.15. The lowest BCUT2D eigenvalue weighted by atomic mass is 9.58. The van der Waals surface area contributed by atoms with E-state index in [0.717, 1.165) is 77.6 Å². The maximum absolute atomic E-state index is 6.49. The van der Waals surface area contributed by atoms with Gasteiger partial charge in [-0.25, -0.2) is 15.0 Å². The van der Waals surface area contributed by atoms with E-state index in [1.54, 1.807) is 0 Å². The molecule has 0 fully saturated rings. The molecule has 5 nitrogen and oxygen atoms in total. The quantitative estimate of drug-likeness (QED) is 0.170. The Morgan fingerprint density at radius 3 is 1.83 bits per heavy atom. The molecular weight excluding hydrogens is 648 g/mol. The standard InChI is InChI=1S/C46H27B2N3O2/c47-46(48)38-20-10-17-33(41(38)37-16-5-7-22-40(37)53-46)28-23-25-30(26-24-28)44-49-43(29-11-2-1-3-12-29)50-45(51-44)32-14-8-13-31(27-32)34-18-9-19-36-35-15-4-6-21-39(35)52-42(34)36/h1-27H. The van der Waals surface area contributed by atoms with Crippen molar-refractivity contribution in [3.63, 3.8) is 0 Å². The molecule has 0 amide bonds. The smallest absolute Gasteiger partial charge is 0.164 e. The molecule has 0 atom stereocenters. The van der Waals surface area contributed by atoms with Gasteiger partial charge in [0.2, 0.25) is 0 Å². The molecule has 2 aromatic heterocycles. The number of benzene rings is 7. The van der Waals surface area contributed by atoms with Crippen LogP contribution < -0.4 is 4.74 Å². The third-order valence-electron chi connectivity index (χ3n) is 9.88. The molecule has 0 saturated heterocycles. The SMILES string of the molecule is [B]C1([B])Oc2ccccc2-c2c(-c3ccc(-c4nc(-c5ccccc5)nc(-c5cccc(-c6cccc7c6oc6ccccc67)c5)n4)cc3)cccc21. The molecular formula is C46H27B2N3O2. The van der Waals surface area contributed by atoms with Crippen LogP contribution in [0.1, 0.15) is 5.56 Å². The van der Waals surface area contributed by atoms with Gasteiger partial charge in [0.15, 0.2) is 17.5 Å². The lowest BCUT2D eigenvalue weighted by molar-refractivity contribution is 0.241. The Morgan fingerprint density at radius 2 is 1.00 bits per heavy atom. The van der Waals surface area contributed by atoms with Gasteiger partial charge in [0.25, 0.3) is 0 Å². The van der Waals surface area contributed by atoms with E-state index in [1.807, 2.05) is 109 Å². The van der Waals surface area contributed by atoms with Crippen molar-refractivity contribution in [3.05, 3.63) is 169 Å². The Morgan fingerprint density at radius 1 is 0.434 bits per heavy atom. The second-order valence-electron chi connectivity index (χ2n) is 13.2. The molecule has 1 aliphatic rings. The first-order chi connectivity index (χ1) is 26.0. The summed E-state index contributed by atoms with van der Waals surface area (Å²) in [6.07, 6.45) is 0. The minimum atomic E-state index is -1.45. The maximum Gasteiger partial charge on any atom is 0.164 e. The van der Waals surface area contributed by atoms with E-state index >= 15 is 0 Å². The van der Waals surface area contributed by atoms with Crippen molar-refractivity contribution in [2.75, 3.05) is 0 Å². The Balaban J connectivity index is 1.08. The molecule has 9 aromatic rings. The van der Waals surface area contributed by atoms with Crippen LogP contribution in [-0.2, 0) is 5.40 Å². The third kappa shape index (κ3) is 5.32. The molecule has 1 aliphatic heterocycles. The molecule has 4 radical (unpaired) electrons. The molecule has 53 heavy (non-hydrogen) atoms. The number of rotatable bonds is 5. The summed E-state index contributed by atoms with van der Waals surface area (Å²) >= 11 is 0. The fourth-order valence-corrected chi connectivity index (χ4v) is 7.36. The van der Waals surface area contributed by atoms with Gasteiger partial charge in [0.1, 0.15) is 32.6 Å². The van der Waals surface area contributed by atoms with Gasteiger partial charge in [-0.2, -0.15) is 0 Å². The Hall–Kier alpha value is -6.72. The zero-order valence-corrected chi connectivity index (χ0v) is 28.4. The van der Waals surface area contributed by atoms with Gasteiger partial charge in [-0.15, -0.1) is 0 Å². The number of hydrogen-bond acceptors (Lipinski definition) is 5. The Bertz CT molecular complexity index is 2850. The highest BCUT2D eigenvalue weighted by Crippen LogP contribution is 2.47. The van der Waals surface area contributed by atoms with Gasteiger partial charge >= 0.3 is 0 Å². The summed E-state index contributed by atoms with van der Waals surface area (Å²) in [5.41, 5.74) is 11.0. The van der Waals surface area contributed by atoms with E-state index in [2.05, 4.69) is 54.6 Å².